The second-order valence-electron chi connectivity index (χ2n) is 7.15. The van der Waals surface area contributed by atoms with E-state index in [4.69, 9.17) is 18.9 Å². The van der Waals surface area contributed by atoms with Crippen LogP contribution in [0.1, 0.15) is 44.1 Å². The molecule has 1 heterocycles. The van der Waals surface area contributed by atoms with Crippen LogP contribution in [-0.2, 0) is 0 Å². The highest BCUT2D eigenvalue weighted by atomic mass is 16.7. The van der Waals surface area contributed by atoms with Crippen molar-refractivity contribution in [3.05, 3.63) is 42.0 Å². The van der Waals surface area contributed by atoms with Gasteiger partial charge in [-0.3, -0.25) is 0 Å². The first-order valence-corrected chi connectivity index (χ1v) is 10.3. The molecule has 162 valence electrons. The van der Waals surface area contributed by atoms with Crippen molar-refractivity contribution in [1.29, 1.82) is 0 Å². The van der Waals surface area contributed by atoms with Crippen molar-refractivity contribution < 1.29 is 23.7 Å². The summed E-state index contributed by atoms with van der Waals surface area (Å²) in [7, 11) is 3.11. The fraction of sp³-hybridized carbons (Fsp3) is 0.435. The maximum absolute atomic E-state index is 12.7. The highest BCUT2D eigenvalue weighted by molar-refractivity contribution is 5.93. The highest BCUT2D eigenvalue weighted by Crippen LogP contribution is 2.40. The molecule has 0 spiro atoms. The number of benzene rings is 2. The third-order valence-corrected chi connectivity index (χ3v) is 5.20. The maximum Gasteiger partial charge on any atom is 0.319 e. The van der Waals surface area contributed by atoms with Crippen LogP contribution in [-0.4, -0.2) is 33.6 Å². The lowest BCUT2D eigenvalue weighted by Gasteiger charge is -2.20. The van der Waals surface area contributed by atoms with Gasteiger partial charge in [-0.1, -0.05) is 44.4 Å². The first-order chi connectivity index (χ1) is 14.7. The van der Waals surface area contributed by atoms with Crippen LogP contribution >= 0.6 is 0 Å². The van der Waals surface area contributed by atoms with Crippen molar-refractivity contribution >= 4 is 11.7 Å². The first-order valence-electron chi connectivity index (χ1n) is 10.3. The lowest BCUT2D eigenvalue weighted by atomic mass is 9.92. The van der Waals surface area contributed by atoms with Gasteiger partial charge in [0.05, 0.1) is 14.2 Å². The second-order valence-corrected chi connectivity index (χ2v) is 7.15. The summed E-state index contributed by atoms with van der Waals surface area (Å²) in [5, 5.41) is 5.84. The number of nitrogens with one attached hydrogen (secondary N) is 2. The van der Waals surface area contributed by atoms with Gasteiger partial charge in [-0.25, -0.2) is 4.79 Å². The van der Waals surface area contributed by atoms with Crippen LogP contribution in [0, 0.1) is 0 Å². The van der Waals surface area contributed by atoms with E-state index in [0.29, 0.717) is 23.7 Å². The van der Waals surface area contributed by atoms with Crippen molar-refractivity contribution in [3.63, 3.8) is 0 Å². The van der Waals surface area contributed by atoms with E-state index in [2.05, 4.69) is 17.6 Å². The van der Waals surface area contributed by atoms with Gasteiger partial charge in [0.2, 0.25) is 6.79 Å². The van der Waals surface area contributed by atoms with Crippen molar-refractivity contribution in [2.45, 2.75) is 38.5 Å². The van der Waals surface area contributed by atoms with Gasteiger partial charge in [0.15, 0.2) is 11.5 Å². The number of urea groups is 1. The molecule has 2 N–H and O–H groups in total. The number of anilines is 1. The summed E-state index contributed by atoms with van der Waals surface area (Å²) in [4.78, 5) is 12.7. The van der Waals surface area contributed by atoms with Crippen LogP contribution in [0.4, 0.5) is 10.5 Å². The summed E-state index contributed by atoms with van der Waals surface area (Å²) >= 11 is 0. The molecule has 2 aromatic carbocycles. The van der Waals surface area contributed by atoms with Gasteiger partial charge in [-0.05, 0) is 24.6 Å². The molecule has 1 atom stereocenters. The van der Waals surface area contributed by atoms with E-state index >= 15 is 0 Å². The Labute approximate surface area is 177 Å². The number of amides is 2. The molecule has 2 amide bonds. The van der Waals surface area contributed by atoms with Crippen molar-refractivity contribution in [3.8, 4) is 23.0 Å². The van der Waals surface area contributed by atoms with Crippen LogP contribution < -0.4 is 29.6 Å². The number of fused-ring (bicyclic) bond motifs is 1. The Balaban J connectivity index is 1.70. The molecule has 0 fully saturated rings. The third-order valence-electron chi connectivity index (χ3n) is 5.20. The predicted octanol–water partition coefficient (Wildman–Crippen LogP) is 4.92. The van der Waals surface area contributed by atoms with Crippen LogP contribution in [0.15, 0.2) is 36.4 Å². The molecule has 1 unspecified atom stereocenters. The van der Waals surface area contributed by atoms with Gasteiger partial charge < -0.3 is 29.6 Å². The number of carbonyl (C=O) groups is 1. The largest absolute Gasteiger partial charge is 0.494 e. The van der Waals surface area contributed by atoms with Gasteiger partial charge in [0, 0.05) is 18.0 Å². The Bertz CT molecular complexity index is 833. The monoisotopic (exact) mass is 414 g/mol. The van der Waals surface area contributed by atoms with Crippen LogP contribution in [0.2, 0.25) is 0 Å². The fourth-order valence-electron chi connectivity index (χ4n) is 3.63. The number of ether oxygens (including phenoxy) is 4. The first kappa shape index (κ1) is 21.6. The van der Waals surface area contributed by atoms with Gasteiger partial charge >= 0.3 is 6.03 Å². The third kappa shape index (κ3) is 5.09. The lowest BCUT2D eigenvalue weighted by molar-refractivity contribution is 0.173. The molecule has 1 aliphatic rings. The van der Waals surface area contributed by atoms with E-state index in [-0.39, 0.29) is 18.7 Å². The number of methoxy groups -OCH3 is 2. The molecule has 0 radical (unpaired) electrons. The topological polar surface area (TPSA) is 78.1 Å². The zero-order valence-corrected chi connectivity index (χ0v) is 17.8. The second kappa shape index (κ2) is 10.6. The minimum atomic E-state index is -0.317. The predicted molar refractivity (Wildman–Crippen MR) is 116 cm³/mol. The Hall–Kier alpha value is -3.09. The zero-order chi connectivity index (χ0) is 21.3. The number of hydrogen-bond acceptors (Lipinski definition) is 5. The molecular formula is C23H30N2O5. The molecule has 0 saturated heterocycles. The minimum absolute atomic E-state index is 0.124. The molecule has 3 rings (SSSR count). The van der Waals surface area contributed by atoms with Crippen molar-refractivity contribution in [2.75, 3.05) is 32.9 Å². The van der Waals surface area contributed by atoms with Gasteiger partial charge in [-0.2, -0.15) is 0 Å². The van der Waals surface area contributed by atoms with E-state index in [1.807, 2.05) is 24.3 Å². The zero-order valence-electron chi connectivity index (χ0n) is 17.8. The Kier molecular flexibility index (Phi) is 7.65. The SMILES string of the molecule is CCCCCC(CNC(=O)Nc1c(OC)cccc1OC)c1cccc2c1OCO2. The number of carbonyl (C=O) groups excluding carboxylic acids is 1. The number of hydrogen-bond donors (Lipinski definition) is 2. The Morgan fingerprint density at radius 3 is 2.50 bits per heavy atom. The number of para-hydroxylation sites is 2. The minimum Gasteiger partial charge on any atom is -0.494 e. The van der Waals surface area contributed by atoms with Crippen molar-refractivity contribution in [2.24, 2.45) is 0 Å². The van der Waals surface area contributed by atoms with Gasteiger partial charge in [0.25, 0.3) is 0 Å². The summed E-state index contributed by atoms with van der Waals surface area (Å²) in [5.74, 6) is 2.74. The van der Waals surface area contributed by atoms with E-state index in [9.17, 15) is 4.79 Å². The molecule has 0 aliphatic carbocycles. The Morgan fingerprint density at radius 1 is 1.07 bits per heavy atom. The molecule has 30 heavy (non-hydrogen) atoms. The molecule has 0 saturated carbocycles. The smallest absolute Gasteiger partial charge is 0.319 e. The molecular weight excluding hydrogens is 384 g/mol. The highest BCUT2D eigenvalue weighted by Gasteiger charge is 2.24. The quantitative estimate of drug-likeness (QED) is 0.540. The summed E-state index contributed by atoms with van der Waals surface area (Å²) in [5.41, 5.74) is 1.57. The summed E-state index contributed by atoms with van der Waals surface area (Å²) in [6.07, 6.45) is 4.31. The average Bonchev–Trinajstić information content (AvgIpc) is 3.25. The molecule has 1 aliphatic heterocycles. The van der Waals surface area contributed by atoms with Crippen molar-refractivity contribution in [1.82, 2.24) is 5.32 Å². The maximum atomic E-state index is 12.7. The molecule has 0 bridgehead atoms. The molecule has 7 nitrogen and oxygen atoms in total. The van der Waals surface area contributed by atoms with E-state index in [1.165, 1.54) is 0 Å². The number of rotatable bonds is 10. The van der Waals surface area contributed by atoms with Gasteiger partial charge in [0.1, 0.15) is 17.2 Å². The normalized spacial score (nSPS) is 12.9. The number of unbranched alkanes of at least 4 members (excludes halogenated alkanes) is 2. The summed E-state index contributed by atoms with van der Waals surface area (Å²) in [6, 6.07) is 11.0. The standard InChI is InChI=1S/C23H30N2O5/c1-4-5-6-9-16(17-10-7-13-20-22(17)30-15-29-20)14-24-23(26)25-21-18(27-2)11-8-12-19(21)28-3/h7-8,10-13,16H,4-6,9,14-15H2,1-3H3,(H2,24,25,26). The molecule has 7 heteroatoms. The molecule has 0 aromatic heterocycles. The summed E-state index contributed by atoms with van der Waals surface area (Å²) < 4.78 is 21.9. The van der Waals surface area contributed by atoms with Crippen LogP contribution in [0.25, 0.3) is 0 Å². The molecule has 2 aromatic rings. The van der Waals surface area contributed by atoms with Crippen LogP contribution in [0.3, 0.4) is 0 Å². The Morgan fingerprint density at radius 2 is 1.80 bits per heavy atom. The van der Waals surface area contributed by atoms with Gasteiger partial charge in [-0.15, -0.1) is 0 Å². The van der Waals surface area contributed by atoms with E-state index in [0.717, 1.165) is 42.7 Å². The average molecular weight is 415 g/mol. The summed E-state index contributed by atoms with van der Waals surface area (Å²) in [6.45, 7) is 2.89. The fourth-order valence-corrected chi connectivity index (χ4v) is 3.63. The van der Waals surface area contributed by atoms with E-state index < -0.39 is 0 Å². The van der Waals surface area contributed by atoms with E-state index in [1.54, 1.807) is 26.4 Å². The lowest BCUT2D eigenvalue weighted by Crippen LogP contribution is -2.32. The van der Waals surface area contributed by atoms with Crippen LogP contribution in [0.5, 0.6) is 23.0 Å².